The zero-order valence-electron chi connectivity index (χ0n) is 13.2. The van der Waals surface area contributed by atoms with Gasteiger partial charge in [-0.3, -0.25) is 4.98 Å². The SMILES string of the molecule is CN(C)S(=O)(=O)CCNc1nccc(-c2cc(C(=O)O)ccn2)n1. The third-order valence-electron chi connectivity index (χ3n) is 3.12. The van der Waals surface area contributed by atoms with Crippen molar-refractivity contribution < 1.29 is 18.3 Å². The second kappa shape index (κ2) is 7.32. The van der Waals surface area contributed by atoms with Crippen LogP contribution in [0, 0.1) is 0 Å². The molecule has 0 unspecified atom stereocenters. The summed E-state index contributed by atoms with van der Waals surface area (Å²) >= 11 is 0. The maximum atomic E-state index is 11.7. The number of carboxylic acid groups (broad SMARTS) is 1. The first-order valence-corrected chi connectivity index (χ1v) is 8.57. The summed E-state index contributed by atoms with van der Waals surface area (Å²) in [6, 6.07) is 4.39. The topological polar surface area (TPSA) is 125 Å². The Balaban J connectivity index is 2.12. The molecule has 2 aromatic rings. The lowest BCUT2D eigenvalue weighted by Gasteiger charge is -2.11. The van der Waals surface area contributed by atoms with E-state index in [4.69, 9.17) is 5.11 Å². The normalized spacial score (nSPS) is 11.5. The predicted octanol–water partition coefficient (Wildman–Crippen LogP) is 0.540. The zero-order valence-corrected chi connectivity index (χ0v) is 14.0. The summed E-state index contributed by atoms with van der Waals surface area (Å²) in [6.45, 7) is 0.145. The van der Waals surface area contributed by atoms with Crippen molar-refractivity contribution in [2.24, 2.45) is 0 Å². The quantitative estimate of drug-likeness (QED) is 0.740. The Bertz CT molecular complexity index is 839. The first-order chi connectivity index (χ1) is 11.3. The molecule has 0 bridgehead atoms. The Morgan fingerprint density at radius 1 is 1.21 bits per heavy atom. The molecule has 0 atom stereocenters. The number of nitrogens with one attached hydrogen (secondary N) is 1. The van der Waals surface area contributed by atoms with Crippen molar-refractivity contribution in [2.75, 3.05) is 31.7 Å². The number of anilines is 1. The summed E-state index contributed by atoms with van der Waals surface area (Å²) in [6.07, 6.45) is 2.87. The van der Waals surface area contributed by atoms with Crippen LogP contribution in [0.2, 0.25) is 0 Å². The number of hydrogen-bond donors (Lipinski definition) is 2. The molecule has 0 amide bonds. The van der Waals surface area contributed by atoms with Crippen molar-refractivity contribution >= 4 is 21.9 Å². The van der Waals surface area contributed by atoms with Crippen LogP contribution in [0.15, 0.2) is 30.6 Å². The number of aromatic carboxylic acids is 1. The number of nitrogens with zero attached hydrogens (tertiary/aromatic N) is 4. The van der Waals surface area contributed by atoms with Gasteiger partial charge in [0.25, 0.3) is 0 Å². The summed E-state index contributed by atoms with van der Waals surface area (Å²) in [4.78, 5) is 23.3. The molecule has 0 saturated carbocycles. The highest BCUT2D eigenvalue weighted by atomic mass is 32.2. The van der Waals surface area contributed by atoms with Crippen LogP contribution in [0.25, 0.3) is 11.4 Å². The highest BCUT2D eigenvalue weighted by Gasteiger charge is 2.13. The van der Waals surface area contributed by atoms with Gasteiger partial charge in [0.1, 0.15) is 0 Å². The van der Waals surface area contributed by atoms with Gasteiger partial charge in [-0.2, -0.15) is 0 Å². The maximum Gasteiger partial charge on any atom is 0.335 e. The van der Waals surface area contributed by atoms with Gasteiger partial charge in [0.2, 0.25) is 16.0 Å². The van der Waals surface area contributed by atoms with E-state index >= 15 is 0 Å². The summed E-state index contributed by atoms with van der Waals surface area (Å²) in [5.41, 5.74) is 0.928. The van der Waals surface area contributed by atoms with Gasteiger partial charge in [-0.1, -0.05) is 0 Å². The Morgan fingerprint density at radius 3 is 2.58 bits per heavy atom. The number of rotatable bonds is 7. The minimum Gasteiger partial charge on any atom is -0.478 e. The highest BCUT2D eigenvalue weighted by Crippen LogP contribution is 2.16. The monoisotopic (exact) mass is 351 g/mol. The predicted molar refractivity (Wildman–Crippen MR) is 88.2 cm³/mol. The van der Waals surface area contributed by atoms with Crippen LogP contribution in [0.4, 0.5) is 5.95 Å². The summed E-state index contributed by atoms with van der Waals surface area (Å²) in [5, 5.41) is 11.8. The molecule has 0 aliphatic heterocycles. The molecular formula is C14H17N5O4S. The molecule has 2 heterocycles. The van der Waals surface area contributed by atoms with Crippen molar-refractivity contribution in [1.29, 1.82) is 0 Å². The fraction of sp³-hybridized carbons (Fsp3) is 0.286. The summed E-state index contributed by atoms with van der Waals surface area (Å²) in [7, 11) is -0.376. The van der Waals surface area contributed by atoms with E-state index in [1.54, 1.807) is 6.07 Å². The fourth-order valence-corrected chi connectivity index (χ4v) is 2.49. The van der Waals surface area contributed by atoms with Gasteiger partial charge in [0, 0.05) is 33.0 Å². The van der Waals surface area contributed by atoms with E-state index in [0.29, 0.717) is 11.4 Å². The smallest absolute Gasteiger partial charge is 0.335 e. The van der Waals surface area contributed by atoms with Crippen LogP contribution in [-0.4, -0.2) is 65.1 Å². The first kappa shape index (κ1) is 17.8. The zero-order chi connectivity index (χ0) is 17.7. The van der Waals surface area contributed by atoms with Crippen molar-refractivity contribution in [2.45, 2.75) is 0 Å². The molecule has 2 rings (SSSR count). The van der Waals surface area contributed by atoms with Crippen LogP contribution in [-0.2, 0) is 10.0 Å². The summed E-state index contributed by atoms with van der Waals surface area (Å²) < 4.78 is 24.5. The molecule has 10 heteroatoms. The first-order valence-electron chi connectivity index (χ1n) is 6.96. The molecule has 9 nitrogen and oxygen atoms in total. The minimum atomic E-state index is -3.31. The van der Waals surface area contributed by atoms with Crippen LogP contribution >= 0.6 is 0 Å². The maximum absolute atomic E-state index is 11.7. The molecular weight excluding hydrogens is 334 g/mol. The second-order valence-electron chi connectivity index (χ2n) is 5.03. The van der Waals surface area contributed by atoms with Gasteiger partial charge < -0.3 is 10.4 Å². The molecule has 0 saturated heterocycles. The van der Waals surface area contributed by atoms with E-state index in [-0.39, 0.29) is 23.8 Å². The molecule has 0 aliphatic rings. The van der Waals surface area contributed by atoms with Gasteiger partial charge in [0.05, 0.1) is 22.7 Å². The summed E-state index contributed by atoms with van der Waals surface area (Å²) in [5.74, 6) is -0.913. The highest BCUT2D eigenvalue weighted by molar-refractivity contribution is 7.89. The third-order valence-corrected chi connectivity index (χ3v) is 4.96. The van der Waals surface area contributed by atoms with Crippen LogP contribution in [0.5, 0.6) is 0 Å². The Labute approximate surface area is 139 Å². The molecule has 0 fully saturated rings. The van der Waals surface area contributed by atoms with Gasteiger partial charge >= 0.3 is 5.97 Å². The molecule has 24 heavy (non-hydrogen) atoms. The number of sulfonamides is 1. The van der Waals surface area contributed by atoms with E-state index in [9.17, 15) is 13.2 Å². The van der Waals surface area contributed by atoms with Gasteiger partial charge in [-0.25, -0.2) is 27.5 Å². The van der Waals surface area contributed by atoms with Crippen LogP contribution in [0.1, 0.15) is 10.4 Å². The Kier molecular flexibility index (Phi) is 5.42. The van der Waals surface area contributed by atoms with Crippen molar-refractivity contribution in [3.8, 4) is 11.4 Å². The number of hydrogen-bond acceptors (Lipinski definition) is 7. The molecule has 2 aromatic heterocycles. The molecule has 2 N–H and O–H groups in total. The third kappa shape index (κ3) is 4.46. The lowest BCUT2D eigenvalue weighted by atomic mass is 10.2. The van der Waals surface area contributed by atoms with E-state index in [1.165, 1.54) is 38.6 Å². The van der Waals surface area contributed by atoms with E-state index in [1.807, 2.05) is 0 Å². The molecule has 0 aromatic carbocycles. The van der Waals surface area contributed by atoms with Gasteiger partial charge in [-0.05, 0) is 18.2 Å². The second-order valence-corrected chi connectivity index (χ2v) is 7.33. The molecule has 0 radical (unpaired) electrons. The van der Waals surface area contributed by atoms with Crippen molar-refractivity contribution in [1.82, 2.24) is 19.3 Å². The van der Waals surface area contributed by atoms with E-state index in [2.05, 4.69) is 20.3 Å². The van der Waals surface area contributed by atoms with Crippen molar-refractivity contribution in [3.63, 3.8) is 0 Å². The lowest BCUT2D eigenvalue weighted by molar-refractivity contribution is 0.0697. The Hall–Kier alpha value is -2.59. The number of carbonyl (C=O) groups is 1. The molecule has 128 valence electrons. The van der Waals surface area contributed by atoms with E-state index < -0.39 is 16.0 Å². The van der Waals surface area contributed by atoms with Crippen LogP contribution < -0.4 is 5.32 Å². The average molecular weight is 351 g/mol. The lowest BCUT2D eigenvalue weighted by Crippen LogP contribution is -2.28. The number of carboxylic acids is 1. The van der Waals surface area contributed by atoms with Crippen LogP contribution in [0.3, 0.4) is 0 Å². The Morgan fingerprint density at radius 2 is 1.92 bits per heavy atom. The number of aromatic nitrogens is 3. The van der Waals surface area contributed by atoms with Gasteiger partial charge in [0.15, 0.2) is 0 Å². The average Bonchev–Trinajstić information content (AvgIpc) is 2.55. The fourth-order valence-electron chi connectivity index (χ4n) is 1.76. The largest absolute Gasteiger partial charge is 0.478 e. The van der Waals surface area contributed by atoms with Gasteiger partial charge in [-0.15, -0.1) is 0 Å². The molecule has 0 spiro atoms. The van der Waals surface area contributed by atoms with Crippen molar-refractivity contribution in [3.05, 3.63) is 36.2 Å². The minimum absolute atomic E-state index is 0.0969. The van der Waals surface area contributed by atoms with E-state index in [0.717, 1.165) is 4.31 Å². The standard InChI is InChI=1S/C14H17N5O4S/c1-19(2)24(22,23)8-7-17-14-16-6-4-11(18-14)12-9-10(13(20)21)3-5-15-12/h3-6,9H,7-8H2,1-2H3,(H,20,21)(H,16,17,18). The number of pyridine rings is 1. The molecule has 0 aliphatic carbocycles.